The molecule has 0 aliphatic carbocycles. The molecule has 2 unspecified atom stereocenters. The molecule has 0 fully saturated rings. The number of benzene rings is 1. The second kappa shape index (κ2) is 5.80. The smallest absolute Gasteiger partial charge is 0.136 e. The van der Waals surface area contributed by atoms with Crippen molar-refractivity contribution in [2.45, 2.75) is 38.0 Å². The molecule has 0 aliphatic heterocycles. The molecule has 1 rings (SSSR count). The number of hydrogen-bond acceptors (Lipinski definition) is 3. The third-order valence-electron chi connectivity index (χ3n) is 2.67. The Hall–Kier alpha value is -0.260. The van der Waals surface area contributed by atoms with Gasteiger partial charge in [-0.15, -0.1) is 4.72 Å². The summed E-state index contributed by atoms with van der Waals surface area (Å²) >= 11 is 4.58. The Labute approximate surface area is 117 Å². The molecular formula is C13H20ClNO2S. The van der Waals surface area contributed by atoms with Gasteiger partial charge in [0.1, 0.15) is 10.3 Å². The Morgan fingerprint density at radius 3 is 2.11 bits per heavy atom. The molecule has 0 aliphatic rings. The zero-order chi connectivity index (χ0) is 14.0. The van der Waals surface area contributed by atoms with Crippen molar-refractivity contribution in [2.24, 2.45) is 0 Å². The maximum Gasteiger partial charge on any atom is 0.136 e. The van der Waals surface area contributed by atoms with Crippen LogP contribution in [0.3, 0.4) is 0 Å². The van der Waals surface area contributed by atoms with E-state index in [1.54, 1.807) is 12.1 Å². The van der Waals surface area contributed by atoms with Gasteiger partial charge in [0.15, 0.2) is 0 Å². The molecular weight excluding hydrogens is 270 g/mol. The summed E-state index contributed by atoms with van der Waals surface area (Å²) in [6.45, 7) is 7.33. The van der Waals surface area contributed by atoms with E-state index in [2.05, 4.69) is 4.72 Å². The van der Waals surface area contributed by atoms with E-state index in [4.69, 9.17) is 11.6 Å². The Morgan fingerprint density at radius 1 is 1.22 bits per heavy atom. The summed E-state index contributed by atoms with van der Waals surface area (Å²) in [7, 11) is 0. The lowest BCUT2D eigenvalue weighted by Crippen LogP contribution is -2.51. The van der Waals surface area contributed by atoms with Crippen LogP contribution in [0.4, 0.5) is 0 Å². The van der Waals surface area contributed by atoms with Gasteiger partial charge in [-0.3, -0.25) is 0 Å². The number of aliphatic hydroxyl groups excluding tert-OH is 1. The summed E-state index contributed by atoms with van der Waals surface area (Å²) in [5.41, 5.74) is 0.106. The van der Waals surface area contributed by atoms with Crippen LogP contribution >= 0.6 is 11.6 Å². The molecule has 0 amide bonds. The number of rotatable bonds is 4. The molecule has 0 heterocycles. The van der Waals surface area contributed by atoms with Crippen LogP contribution in [0.25, 0.3) is 0 Å². The van der Waals surface area contributed by atoms with Crippen LogP contribution in [0, 0.1) is 0 Å². The average molecular weight is 290 g/mol. The highest BCUT2D eigenvalue weighted by Gasteiger charge is 2.36. The highest BCUT2D eigenvalue weighted by molar-refractivity contribution is 7.90. The van der Waals surface area contributed by atoms with Crippen LogP contribution in [-0.4, -0.2) is 21.0 Å². The van der Waals surface area contributed by atoms with Crippen LogP contribution in [-0.2, 0) is 16.9 Å². The fourth-order valence-electron chi connectivity index (χ4n) is 1.36. The standard InChI is InChI=1S/C13H20ClNO2S/c1-12(2,3)18(17)15-13(4,9-16)10-5-7-11(14)8-6-10/h5-8,15-16H,9H2,1-4H3. The van der Waals surface area contributed by atoms with Gasteiger partial charge in [0.25, 0.3) is 0 Å². The van der Waals surface area contributed by atoms with Gasteiger partial charge in [0, 0.05) is 16.4 Å². The number of hydrogen-bond donors (Lipinski definition) is 2. The van der Waals surface area contributed by atoms with Crippen LogP contribution in [0.1, 0.15) is 33.3 Å². The summed E-state index contributed by atoms with van der Waals surface area (Å²) in [5.74, 6) is 0. The predicted octanol–water partition coefficient (Wildman–Crippen LogP) is 2.60. The Morgan fingerprint density at radius 2 is 1.72 bits per heavy atom. The molecule has 0 saturated carbocycles. The molecule has 1 aromatic carbocycles. The van der Waals surface area contributed by atoms with E-state index in [0.717, 1.165) is 5.56 Å². The fraction of sp³-hybridized carbons (Fsp3) is 0.538. The monoisotopic (exact) mass is 289 g/mol. The first-order valence-corrected chi connectivity index (χ1v) is 7.28. The predicted molar refractivity (Wildman–Crippen MR) is 76.9 cm³/mol. The van der Waals surface area contributed by atoms with Crippen molar-refractivity contribution in [3.8, 4) is 0 Å². The summed E-state index contributed by atoms with van der Waals surface area (Å²) in [6.07, 6.45) is 0. The minimum atomic E-state index is -1.26. The van der Waals surface area contributed by atoms with Crippen LogP contribution < -0.4 is 4.72 Å². The minimum Gasteiger partial charge on any atom is -0.598 e. The lowest BCUT2D eigenvalue weighted by Gasteiger charge is -2.34. The summed E-state index contributed by atoms with van der Waals surface area (Å²) in [4.78, 5) is 0. The topological polar surface area (TPSA) is 55.3 Å². The van der Waals surface area contributed by atoms with E-state index >= 15 is 0 Å². The SMILES string of the molecule is CC(CO)(N[S+]([O-])C(C)(C)C)c1ccc(Cl)cc1. The van der Waals surface area contributed by atoms with E-state index < -0.39 is 16.9 Å². The zero-order valence-electron chi connectivity index (χ0n) is 11.2. The molecule has 18 heavy (non-hydrogen) atoms. The van der Waals surface area contributed by atoms with Crippen LogP contribution in [0.2, 0.25) is 5.02 Å². The summed E-state index contributed by atoms with van der Waals surface area (Å²) < 4.78 is 14.8. The third-order valence-corrected chi connectivity index (χ3v) is 4.67. The van der Waals surface area contributed by atoms with Crippen molar-refractivity contribution in [3.63, 3.8) is 0 Å². The quantitative estimate of drug-likeness (QED) is 0.838. The largest absolute Gasteiger partial charge is 0.598 e. The minimum absolute atomic E-state index is 0.142. The second-order valence-electron chi connectivity index (χ2n) is 5.48. The summed E-state index contributed by atoms with van der Waals surface area (Å²) in [6, 6.07) is 7.16. The maximum absolute atomic E-state index is 12.1. The highest BCUT2D eigenvalue weighted by atomic mass is 35.5. The molecule has 102 valence electrons. The molecule has 3 nitrogen and oxygen atoms in total. The second-order valence-corrected chi connectivity index (χ2v) is 7.88. The van der Waals surface area contributed by atoms with E-state index in [-0.39, 0.29) is 11.4 Å². The van der Waals surface area contributed by atoms with E-state index in [9.17, 15) is 9.66 Å². The van der Waals surface area contributed by atoms with E-state index in [1.165, 1.54) is 0 Å². The first kappa shape index (κ1) is 15.8. The highest BCUT2D eigenvalue weighted by Crippen LogP contribution is 2.26. The average Bonchev–Trinajstić information content (AvgIpc) is 2.28. The van der Waals surface area contributed by atoms with Gasteiger partial charge in [-0.25, -0.2) is 0 Å². The van der Waals surface area contributed by atoms with E-state index in [1.807, 2.05) is 39.8 Å². The third kappa shape index (κ3) is 3.87. The molecule has 2 N–H and O–H groups in total. The van der Waals surface area contributed by atoms with Gasteiger partial charge in [-0.05, 0) is 45.4 Å². The van der Waals surface area contributed by atoms with Crippen molar-refractivity contribution in [2.75, 3.05) is 6.61 Å². The van der Waals surface area contributed by atoms with Crippen molar-refractivity contribution >= 4 is 23.0 Å². The lowest BCUT2D eigenvalue weighted by molar-refractivity contribution is 0.195. The van der Waals surface area contributed by atoms with Crippen molar-refractivity contribution < 1.29 is 9.66 Å². The van der Waals surface area contributed by atoms with E-state index in [0.29, 0.717) is 5.02 Å². The molecule has 2 atom stereocenters. The first-order valence-electron chi connectivity index (χ1n) is 5.76. The zero-order valence-corrected chi connectivity index (χ0v) is 12.7. The number of halogens is 1. The van der Waals surface area contributed by atoms with Crippen molar-refractivity contribution in [1.29, 1.82) is 0 Å². The normalized spacial score (nSPS) is 17.3. The number of aliphatic hydroxyl groups is 1. The van der Waals surface area contributed by atoms with Gasteiger partial charge in [0.2, 0.25) is 0 Å². The molecule has 1 aromatic rings. The molecule has 0 saturated heterocycles. The molecule has 0 spiro atoms. The van der Waals surface area contributed by atoms with Crippen LogP contribution in [0.15, 0.2) is 24.3 Å². The summed E-state index contributed by atoms with van der Waals surface area (Å²) in [5, 5.41) is 10.2. The Bertz CT molecular complexity index is 391. The van der Waals surface area contributed by atoms with Gasteiger partial charge in [-0.1, -0.05) is 23.7 Å². The molecule has 0 aromatic heterocycles. The van der Waals surface area contributed by atoms with Gasteiger partial charge in [-0.2, -0.15) is 0 Å². The first-order chi connectivity index (χ1) is 8.19. The van der Waals surface area contributed by atoms with Gasteiger partial charge in [0.05, 0.1) is 6.61 Å². The molecule has 0 bridgehead atoms. The van der Waals surface area contributed by atoms with Gasteiger partial charge < -0.3 is 9.66 Å². The van der Waals surface area contributed by atoms with Crippen LogP contribution in [0.5, 0.6) is 0 Å². The Balaban J connectivity index is 2.95. The molecule has 5 heteroatoms. The van der Waals surface area contributed by atoms with Crippen molar-refractivity contribution in [3.05, 3.63) is 34.9 Å². The fourth-order valence-corrected chi connectivity index (χ4v) is 2.38. The lowest BCUT2D eigenvalue weighted by atomic mass is 9.94. The number of nitrogens with one attached hydrogen (secondary N) is 1. The Kier molecular flexibility index (Phi) is 5.09. The van der Waals surface area contributed by atoms with Crippen molar-refractivity contribution in [1.82, 2.24) is 4.72 Å². The maximum atomic E-state index is 12.1. The van der Waals surface area contributed by atoms with Gasteiger partial charge >= 0.3 is 0 Å². The molecule has 0 radical (unpaired) electrons.